The smallest absolute Gasteiger partial charge is 0.188 e. The number of hydrogen-bond acceptors (Lipinski definition) is 2. The van der Waals surface area contributed by atoms with Gasteiger partial charge in [0.25, 0.3) is 0 Å². The lowest BCUT2D eigenvalue weighted by molar-refractivity contribution is 0.102. The Kier molecular flexibility index (Phi) is 3.41. The molecule has 1 aromatic rings. The molecule has 0 bridgehead atoms. The van der Waals surface area contributed by atoms with Gasteiger partial charge in [0.2, 0.25) is 0 Å². The van der Waals surface area contributed by atoms with E-state index in [9.17, 15) is 4.79 Å². The van der Waals surface area contributed by atoms with Gasteiger partial charge in [-0.1, -0.05) is 25.1 Å². The number of benzene rings is 1. The van der Waals surface area contributed by atoms with Crippen LogP contribution in [0.15, 0.2) is 35.9 Å². The van der Waals surface area contributed by atoms with Gasteiger partial charge in [0.15, 0.2) is 5.78 Å². The number of rotatable bonds is 4. The number of allylic oxidation sites excluding steroid dienone is 2. The quantitative estimate of drug-likeness (QED) is 0.756. The van der Waals surface area contributed by atoms with E-state index in [0.29, 0.717) is 12.0 Å². The molecule has 0 aromatic heterocycles. The van der Waals surface area contributed by atoms with E-state index in [1.54, 1.807) is 0 Å². The molecule has 2 aliphatic carbocycles. The predicted molar refractivity (Wildman–Crippen MR) is 75.5 cm³/mol. The van der Waals surface area contributed by atoms with Crippen LogP contribution in [0, 0.1) is 5.92 Å². The highest BCUT2D eigenvalue weighted by Crippen LogP contribution is 2.29. The Labute approximate surface area is 114 Å². The van der Waals surface area contributed by atoms with E-state index in [2.05, 4.69) is 13.0 Å². The van der Waals surface area contributed by atoms with E-state index in [1.165, 1.54) is 0 Å². The first-order valence-corrected chi connectivity index (χ1v) is 7.23. The first-order valence-electron chi connectivity index (χ1n) is 7.23. The van der Waals surface area contributed by atoms with Gasteiger partial charge in [-0.3, -0.25) is 4.79 Å². The van der Waals surface area contributed by atoms with Crippen molar-refractivity contribution in [3.05, 3.63) is 41.5 Å². The van der Waals surface area contributed by atoms with Gasteiger partial charge in [-0.15, -0.1) is 0 Å². The summed E-state index contributed by atoms with van der Waals surface area (Å²) >= 11 is 0. The lowest BCUT2D eigenvalue weighted by Crippen LogP contribution is -2.10. The van der Waals surface area contributed by atoms with Gasteiger partial charge in [-0.05, 0) is 55.7 Å². The Hall–Kier alpha value is -1.57. The molecule has 0 heterocycles. The van der Waals surface area contributed by atoms with Crippen LogP contribution in [0.5, 0.6) is 5.75 Å². The summed E-state index contributed by atoms with van der Waals surface area (Å²) in [6, 6.07) is 7.63. The van der Waals surface area contributed by atoms with Gasteiger partial charge in [-0.25, -0.2) is 0 Å². The second-order valence-electron chi connectivity index (χ2n) is 5.78. The molecule has 0 spiro atoms. The Bertz CT molecular complexity index is 512. The lowest BCUT2D eigenvalue weighted by Gasteiger charge is -2.17. The number of carbonyl (C=O) groups is 1. The predicted octanol–water partition coefficient (Wildman–Crippen LogP) is 4.16. The molecule has 0 aliphatic heterocycles. The maximum atomic E-state index is 12.4. The highest BCUT2D eigenvalue weighted by atomic mass is 16.5. The summed E-state index contributed by atoms with van der Waals surface area (Å²) in [6.45, 7) is 2.24. The van der Waals surface area contributed by atoms with Crippen LogP contribution in [0.3, 0.4) is 0 Å². The molecule has 1 fully saturated rings. The van der Waals surface area contributed by atoms with Crippen LogP contribution in [-0.2, 0) is 0 Å². The standard InChI is InChI=1S/C17H20O2/c1-12-5-7-13(8-6-12)17(18)14-3-2-4-16(11-14)19-15-9-10-15/h2-4,7,11-12,15H,5-6,8-10H2,1H3. The van der Waals surface area contributed by atoms with Crippen molar-refractivity contribution < 1.29 is 9.53 Å². The molecule has 0 saturated heterocycles. The summed E-state index contributed by atoms with van der Waals surface area (Å²) in [5.41, 5.74) is 1.74. The summed E-state index contributed by atoms with van der Waals surface area (Å²) in [4.78, 5) is 12.4. The van der Waals surface area contributed by atoms with E-state index < -0.39 is 0 Å². The molecule has 1 atom stereocenters. The summed E-state index contributed by atoms with van der Waals surface area (Å²) < 4.78 is 5.75. The zero-order valence-corrected chi connectivity index (χ0v) is 11.4. The molecule has 0 amide bonds. The van der Waals surface area contributed by atoms with Crippen LogP contribution in [0.4, 0.5) is 0 Å². The van der Waals surface area contributed by atoms with E-state index in [-0.39, 0.29) is 5.78 Å². The number of ether oxygens (including phenoxy) is 1. The Balaban J connectivity index is 1.75. The van der Waals surface area contributed by atoms with Crippen molar-refractivity contribution in [3.8, 4) is 5.75 Å². The van der Waals surface area contributed by atoms with Crippen molar-refractivity contribution in [2.24, 2.45) is 5.92 Å². The maximum absolute atomic E-state index is 12.4. The van der Waals surface area contributed by atoms with Crippen LogP contribution in [0.2, 0.25) is 0 Å². The lowest BCUT2D eigenvalue weighted by atomic mass is 9.87. The van der Waals surface area contributed by atoms with Crippen LogP contribution < -0.4 is 4.74 Å². The topological polar surface area (TPSA) is 26.3 Å². The number of Topliss-reactive ketones (excluding diaryl/α,β-unsaturated/α-hetero) is 1. The molecular weight excluding hydrogens is 236 g/mol. The molecule has 1 unspecified atom stereocenters. The average Bonchev–Trinajstić information content (AvgIpc) is 3.23. The van der Waals surface area contributed by atoms with Gasteiger partial charge in [-0.2, -0.15) is 0 Å². The van der Waals surface area contributed by atoms with Crippen LogP contribution in [0.1, 0.15) is 49.4 Å². The largest absolute Gasteiger partial charge is 0.490 e. The second kappa shape index (κ2) is 5.20. The fourth-order valence-corrected chi connectivity index (χ4v) is 2.45. The minimum Gasteiger partial charge on any atom is -0.490 e. The third-order valence-corrected chi connectivity index (χ3v) is 3.89. The number of ketones is 1. The molecule has 2 aliphatic rings. The molecule has 0 N–H and O–H groups in total. The van der Waals surface area contributed by atoms with E-state index in [0.717, 1.165) is 49.0 Å². The van der Waals surface area contributed by atoms with Gasteiger partial charge in [0.1, 0.15) is 5.75 Å². The normalized spacial score (nSPS) is 22.8. The van der Waals surface area contributed by atoms with Crippen molar-refractivity contribution in [3.63, 3.8) is 0 Å². The van der Waals surface area contributed by atoms with Crippen LogP contribution >= 0.6 is 0 Å². The molecular formula is C17H20O2. The summed E-state index contributed by atoms with van der Waals surface area (Å²) in [5.74, 6) is 1.72. The first kappa shape index (κ1) is 12.5. The van der Waals surface area contributed by atoms with Crippen LogP contribution in [-0.4, -0.2) is 11.9 Å². The molecule has 1 saturated carbocycles. The highest BCUT2D eigenvalue weighted by molar-refractivity contribution is 6.08. The summed E-state index contributed by atoms with van der Waals surface area (Å²) in [5, 5.41) is 0. The van der Waals surface area contributed by atoms with Gasteiger partial charge in [0, 0.05) is 5.56 Å². The minimum absolute atomic E-state index is 0.174. The highest BCUT2D eigenvalue weighted by Gasteiger charge is 2.24. The minimum atomic E-state index is 0.174. The fourth-order valence-electron chi connectivity index (χ4n) is 2.45. The molecule has 3 rings (SSSR count). The van der Waals surface area contributed by atoms with Crippen molar-refractivity contribution in [1.82, 2.24) is 0 Å². The van der Waals surface area contributed by atoms with Crippen molar-refractivity contribution >= 4 is 5.78 Å². The maximum Gasteiger partial charge on any atom is 0.188 e. The van der Waals surface area contributed by atoms with Crippen molar-refractivity contribution in [2.75, 3.05) is 0 Å². The summed E-state index contributed by atoms with van der Waals surface area (Å²) in [6.07, 6.45) is 7.83. The zero-order valence-electron chi connectivity index (χ0n) is 11.4. The van der Waals surface area contributed by atoms with Gasteiger partial charge in [0.05, 0.1) is 6.10 Å². The Morgan fingerprint density at radius 1 is 1.26 bits per heavy atom. The van der Waals surface area contributed by atoms with E-state index >= 15 is 0 Å². The molecule has 0 radical (unpaired) electrons. The third kappa shape index (κ3) is 3.06. The number of hydrogen-bond donors (Lipinski definition) is 0. The SMILES string of the molecule is CC1CC=C(C(=O)c2cccc(OC3CC3)c2)CC1. The third-order valence-electron chi connectivity index (χ3n) is 3.89. The molecule has 19 heavy (non-hydrogen) atoms. The molecule has 2 heteroatoms. The monoisotopic (exact) mass is 256 g/mol. The Morgan fingerprint density at radius 2 is 2.11 bits per heavy atom. The fraction of sp³-hybridized carbons (Fsp3) is 0.471. The van der Waals surface area contributed by atoms with Gasteiger partial charge >= 0.3 is 0 Å². The second-order valence-corrected chi connectivity index (χ2v) is 5.78. The Morgan fingerprint density at radius 3 is 2.79 bits per heavy atom. The van der Waals surface area contributed by atoms with Crippen molar-refractivity contribution in [1.29, 1.82) is 0 Å². The van der Waals surface area contributed by atoms with Crippen molar-refractivity contribution in [2.45, 2.75) is 45.1 Å². The molecule has 1 aromatic carbocycles. The van der Waals surface area contributed by atoms with E-state index in [1.807, 2.05) is 24.3 Å². The molecule has 100 valence electrons. The zero-order chi connectivity index (χ0) is 13.2. The van der Waals surface area contributed by atoms with Crippen LogP contribution in [0.25, 0.3) is 0 Å². The van der Waals surface area contributed by atoms with Gasteiger partial charge < -0.3 is 4.74 Å². The average molecular weight is 256 g/mol. The molecule has 2 nitrogen and oxygen atoms in total. The van der Waals surface area contributed by atoms with E-state index in [4.69, 9.17) is 4.74 Å². The first-order chi connectivity index (χ1) is 9.22. The number of carbonyl (C=O) groups excluding carboxylic acids is 1. The summed E-state index contributed by atoms with van der Waals surface area (Å²) in [7, 11) is 0.